The smallest absolute Gasteiger partial charge is 0.323 e. The van der Waals surface area contributed by atoms with Gasteiger partial charge in [0.2, 0.25) is 0 Å². The molecule has 0 aliphatic carbocycles. The summed E-state index contributed by atoms with van der Waals surface area (Å²) in [7, 11) is 0. The van der Waals surface area contributed by atoms with Crippen molar-refractivity contribution in [1.29, 1.82) is 0 Å². The molecule has 3 N–H and O–H groups in total. The molecule has 0 spiro atoms. The van der Waals surface area contributed by atoms with Crippen LogP contribution in [0.4, 0.5) is 22.0 Å². The number of carbonyl (C=O) groups excluding carboxylic acids is 1. The molecule has 2 aromatic heterocycles. The van der Waals surface area contributed by atoms with E-state index in [0.717, 1.165) is 45.8 Å². The van der Waals surface area contributed by atoms with Crippen LogP contribution in [-0.2, 0) is 6.42 Å². The SMILES string of the molecule is Cc1c(-c2ccccc2)oc2c(NCCc3ccc(NC(=O)Nc4ccccc4)cc3)ncnc12. The second kappa shape index (κ2) is 10.1. The van der Waals surface area contributed by atoms with Crippen molar-refractivity contribution in [3.8, 4) is 11.3 Å². The highest BCUT2D eigenvalue weighted by atomic mass is 16.3. The Labute approximate surface area is 203 Å². The molecule has 2 amide bonds. The molecule has 0 unspecified atom stereocenters. The Kier molecular flexibility index (Phi) is 6.39. The zero-order valence-electron chi connectivity index (χ0n) is 19.3. The van der Waals surface area contributed by atoms with Crippen LogP contribution in [0.25, 0.3) is 22.4 Å². The predicted molar refractivity (Wildman–Crippen MR) is 140 cm³/mol. The third-order valence-corrected chi connectivity index (χ3v) is 5.69. The summed E-state index contributed by atoms with van der Waals surface area (Å²) in [5.74, 6) is 1.49. The van der Waals surface area contributed by atoms with Crippen molar-refractivity contribution in [2.24, 2.45) is 0 Å². The largest absolute Gasteiger partial charge is 0.450 e. The number of anilines is 3. The summed E-state index contributed by atoms with van der Waals surface area (Å²) in [5, 5.41) is 9.03. The first-order chi connectivity index (χ1) is 17.2. The van der Waals surface area contributed by atoms with Crippen molar-refractivity contribution >= 4 is 34.3 Å². The molecule has 0 saturated carbocycles. The first-order valence-corrected chi connectivity index (χ1v) is 11.4. The van der Waals surface area contributed by atoms with Gasteiger partial charge in [-0.3, -0.25) is 0 Å². The highest BCUT2D eigenvalue weighted by molar-refractivity contribution is 5.99. The highest BCUT2D eigenvalue weighted by Crippen LogP contribution is 2.34. The van der Waals surface area contributed by atoms with Gasteiger partial charge >= 0.3 is 6.03 Å². The Bertz CT molecular complexity index is 1430. The van der Waals surface area contributed by atoms with Crippen LogP contribution in [0.1, 0.15) is 11.1 Å². The molecule has 5 rings (SSSR count). The number of fused-ring (bicyclic) bond motifs is 1. The fourth-order valence-electron chi connectivity index (χ4n) is 3.91. The van der Waals surface area contributed by atoms with E-state index >= 15 is 0 Å². The number of rotatable bonds is 7. The summed E-state index contributed by atoms with van der Waals surface area (Å²) >= 11 is 0. The topological polar surface area (TPSA) is 92.1 Å². The van der Waals surface area contributed by atoms with E-state index in [-0.39, 0.29) is 6.03 Å². The Morgan fingerprint density at radius 2 is 1.49 bits per heavy atom. The van der Waals surface area contributed by atoms with E-state index < -0.39 is 0 Å². The van der Waals surface area contributed by atoms with E-state index in [2.05, 4.69) is 25.9 Å². The third kappa shape index (κ3) is 5.14. The number of urea groups is 1. The number of furan rings is 1. The Morgan fingerprint density at radius 1 is 0.829 bits per heavy atom. The minimum absolute atomic E-state index is 0.276. The molecule has 7 nitrogen and oxygen atoms in total. The fourth-order valence-corrected chi connectivity index (χ4v) is 3.91. The normalized spacial score (nSPS) is 10.8. The first kappa shape index (κ1) is 22.2. The van der Waals surface area contributed by atoms with Crippen molar-refractivity contribution in [2.45, 2.75) is 13.3 Å². The Morgan fingerprint density at radius 3 is 2.20 bits per heavy atom. The van der Waals surface area contributed by atoms with Crippen molar-refractivity contribution in [3.05, 3.63) is 102 Å². The van der Waals surface area contributed by atoms with Crippen LogP contribution in [0.2, 0.25) is 0 Å². The number of nitrogens with zero attached hydrogens (tertiary/aromatic N) is 2. The Hall–Kier alpha value is -4.65. The summed E-state index contributed by atoms with van der Waals surface area (Å²) in [6.45, 7) is 2.69. The maximum atomic E-state index is 12.2. The van der Waals surface area contributed by atoms with Gasteiger partial charge in [-0.05, 0) is 43.2 Å². The lowest BCUT2D eigenvalue weighted by molar-refractivity contribution is 0.262. The molecular weight excluding hydrogens is 438 g/mol. The summed E-state index contributed by atoms with van der Waals surface area (Å²) in [6, 6.07) is 26.9. The summed E-state index contributed by atoms with van der Waals surface area (Å²) in [5.41, 5.74) is 6.09. The molecule has 0 bridgehead atoms. The maximum Gasteiger partial charge on any atom is 0.323 e. The van der Waals surface area contributed by atoms with Crippen molar-refractivity contribution in [2.75, 3.05) is 22.5 Å². The number of amides is 2. The number of aryl methyl sites for hydroxylation is 1. The fraction of sp³-hybridized carbons (Fsp3) is 0.107. The monoisotopic (exact) mass is 463 g/mol. The molecule has 35 heavy (non-hydrogen) atoms. The molecule has 0 saturated heterocycles. The quantitative estimate of drug-likeness (QED) is 0.256. The lowest BCUT2D eigenvalue weighted by Crippen LogP contribution is -2.19. The summed E-state index contributed by atoms with van der Waals surface area (Å²) in [4.78, 5) is 21.0. The van der Waals surface area contributed by atoms with Crippen molar-refractivity contribution in [1.82, 2.24) is 9.97 Å². The minimum atomic E-state index is -0.276. The molecule has 0 fully saturated rings. The van der Waals surface area contributed by atoms with Gasteiger partial charge in [0.1, 0.15) is 17.6 Å². The lowest BCUT2D eigenvalue weighted by atomic mass is 10.1. The van der Waals surface area contributed by atoms with E-state index in [1.807, 2.05) is 91.9 Å². The van der Waals surface area contributed by atoms with Gasteiger partial charge in [0.15, 0.2) is 11.4 Å². The van der Waals surface area contributed by atoms with Gasteiger partial charge in [-0.1, -0.05) is 60.7 Å². The number of benzene rings is 3. The van der Waals surface area contributed by atoms with Crippen molar-refractivity contribution < 1.29 is 9.21 Å². The molecule has 2 heterocycles. The van der Waals surface area contributed by atoms with Crippen molar-refractivity contribution in [3.63, 3.8) is 0 Å². The van der Waals surface area contributed by atoms with Gasteiger partial charge < -0.3 is 20.4 Å². The number of carbonyl (C=O) groups is 1. The first-order valence-electron chi connectivity index (χ1n) is 11.4. The summed E-state index contributed by atoms with van der Waals surface area (Å²) < 4.78 is 6.18. The molecule has 5 aromatic rings. The molecule has 0 aliphatic heterocycles. The third-order valence-electron chi connectivity index (χ3n) is 5.69. The lowest BCUT2D eigenvalue weighted by Gasteiger charge is -2.09. The van der Waals surface area contributed by atoms with E-state index in [4.69, 9.17) is 4.42 Å². The number of aromatic nitrogens is 2. The Balaban J connectivity index is 1.20. The molecule has 0 aliphatic rings. The van der Waals surface area contributed by atoms with Gasteiger partial charge in [0.25, 0.3) is 0 Å². The van der Waals surface area contributed by atoms with Crippen LogP contribution in [-0.4, -0.2) is 22.5 Å². The molecule has 0 atom stereocenters. The second-order valence-electron chi connectivity index (χ2n) is 8.14. The van der Waals surface area contributed by atoms with E-state index in [1.165, 1.54) is 0 Å². The molecule has 3 aromatic carbocycles. The van der Waals surface area contributed by atoms with Crippen LogP contribution in [0.5, 0.6) is 0 Å². The van der Waals surface area contributed by atoms with Gasteiger partial charge in [0, 0.05) is 29.0 Å². The number of nitrogens with one attached hydrogen (secondary N) is 3. The van der Waals surface area contributed by atoms with Gasteiger partial charge in [0.05, 0.1) is 0 Å². The maximum absolute atomic E-state index is 12.2. The van der Waals surface area contributed by atoms with Gasteiger partial charge in [-0.15, -0.1) is 0 Å². The zero-order valence-corrected chi connectivity index (χ0v) is 19.3. The zero-order chi connectivity index (χ0) is 24.0. The minimum Gasteiger partial charge on any atom is -0.450 e. The molecule has 0 radical (unpaired) electrons. The van der Waals surface area contributed by atoms with Gasteiger partial charge in [-0.2, -0.15) is 0 Å². The summed E-state index contributed by atoms with van der Waals surface area (Å²) in [6.07, 6.45) is 2.34. The highest BCUT2D eigenvalue weighted by Gasteiger charge is 2.16. The van der Waals surface area contributed by atoms with Crippen LogP contribution < -0.4 is 16.0 Å². The molecular formula is C28H25N5O2. The van der Waals surface area contributed by atoms with Crippen LogP contribution in [0.3, 0.4) is 0 Å². The molecule has 174 valence electrons. The van der Waals surface area contributed by atoms with E-state index in [9.17, 15) is 4.79 Å². The van der Waals surface area contributed by atoms with Crippen LogP contribution in [0.15, 0.2) is 95.7 Å². The predicted octanol–water partition coefficient (Wildman–Crippen LogP) is 6.50. The average molecular weight is 464 g/mol. The van der Waals surface area contributed by atoms with E-state index in [1.54, 1.807) is 6.33 Å². The number of hydrogen-bond donors (Lipinski definition) is 3. The van der Waals surface area contributed by atoms with E-state index in [0.29, 0.717) is 17.9 Å². The van der Waals surface area contributed by atoms with Crippen LogP contribution >= 0.6 is 0 Å². The van der Waals surface area contributed by atoms with Crippen LogP contribution in [0, 0.1) is 6.92 Å². The number of para-hydroxylation sites is 1. The second-order valence-corrected chi connectivity index (χ2v) is 8.14. The molecule has 7 heteroatoms. The standard InChI is InChI=1S/C28H25N5O2/c1-19-24-26(35-25(19)21-8-4-2-5-9-21)27(31-18-30-24)29-17-16-20-12-14-23(15-13-20)33-28(34)32-22-10-6-3-7-11-22/h2-15,18H,16-17H2,1H3,(H,29,30,31)(H2,32,33,34). The average Bonchev–Trinajstić information content (AvgIpc) is 3.23. The number of hydrogen-bond acceptors (Lipinski definition) is 5. The van der Waals surface area contributed by atoms with Gasteiger partial charge in [-0.25, -0.2) is 14.8 Å².